The minimum absolute atomic E-state index is 0.0519. The van der Waals surface area contributed by atoms with Gasteiger partial charge in [-0.2, -0.15) is 9.65 Å². The second-order valence-corrected chi connectivity index (χ2v) is 9.61. The standard InChI is InChI=1S/C30H25F3N4O.C2H4O/c1-4-6-18-7-5-8-19(13-18)30(3,16-34)24-15-36-29(37-24)22-14-20(9-10-23(22)31)38-28-17(2)21-11-12-35-27(21)25(32)26(28)33;1-2-3/h5,7-15,35H,4,6H2,1-3H3,(H,36,37);2-3H,1H2. The second-order valence-electron chi connectivity index (χ2n) is 9.61. The largest absolute Gasteiger partial charge is 0.516 e. The summed E-state index contributed by atoms with van der Waals surface area (Å²) in [7, 11) is 0. The van der Waals surface area contributed by atoms with E-state index in [1.807, 2.05) is 24.3 Å². The summed E-state index contributed by atoms with van der Waals surface area (Å²) >= 11 is 0. The van der Waals surface area contributed by atoms with E-state index in [0.717, 1.165) is 30.2 Å². The molecule has 1 atom stereocenters. The van der Waals surface area contributed by atoms with Gasteiger partial charge in [-0.05, 0) is 55.7 Å². The average molecular weight is 559 g/mol. The van der Waals surface area contributed by atoms with Crippen molar-refractivity contribution < 1.29 is 23.0 Å². The first kappa shape index (κ1) is 29.0. The summed E-state index contributed by atoms with van der Waals surface area (Å²) in [6.07, 6.45) is 5.65. The number of aryl methyl sites for hydroxylation is 2. The fourth-order valence-electron chi connectivity index (χ4n) is 4.67. The predicted molar refractivity (Wildman–Crippen MR) is 152 cm³/mol. The van der Waals surface area contributed by atoms with Gasteiger partial charge in [0.25, 0.3) is 0 Å². The zero-order valence-electron chi connectivity index (χ0n) is 22.9. The Bertz CT molecular complexity index is 1750. The first-order valence-electron chi connectivity index (χ1n) is 12.9. The number of nitrogens with one attached hydrogen (secondary N) is 2. The zero-order chi connectivity index (χ0) is 29.7. The Labute approximate surface area is 235 Å². The first-order valence-corrected chi connectivity index (χ1v) is 12.9. The number of halogens is 3. The molecule has 210 valence electrons. The Morgan fingerprint density at radius 3 is 2.61 bits per heavy atom. The third kappa shape index (κ3) is 5.54. The predicted octanol–water partition coefficient (Wildman–Crippen LogP) is 8.55. The van der Waals surface area contributed by atoms with Crippen LogP contribution < -0.4 is 4.74 Å². The maximum atomic E-state index is 14.9. The Kier molecular flexibility index (Phi) is 8.53. The van der Waals surface area contributed by atoms with Crippen molar-refractivity contribution in [2.75, 3.05) is 0 Å². The van der Waals surface area contributed by atoms with E-state index in [0.29, 0.717) is 16.6 Å². The van der Waals surface area contributed by atoms with Crippen LogP contribution in [0.4, 0.5) is 13.2 Å². The van der Waals surface area contributed by atoms with E-state index < -0.39 is 22.9 Å². The van der Waals surface area contributed by atoms with Crippen molar-refractivity contribution in [3.63, 3.8) is 0 Å². The van der Waals surface area contributed by atoms with Crippen molar-refractivity contribution in [2.45, 2.75) is 39.0 Å². The first-order chi connectivity index (χ1) is 19.7. The van der Waals surface area contributed by atoms with Crippen molar-refractivity contribution >= 4 is 10.9 Å². The van der Waals surface area contributed by atoms with Gasteiger partial charge in [0.1, 0.15) is 22.8 Å². The van der Waals surface area contributed by atoms with E-state index in [-0.39, 0.29) is 28.4 Å². The number of hydrogen-bond acceptors (Lipinski definition) is 4. The number of H-pyrrole nitrogens is 2. The topological polar surface area (TPSA) is 97.7 Å². The molecule has 3 aromatic carbocycles. The number of fused-ring (bicyclic) bond motifs is 1. The third-order valence-corrected chi connectivity index (χ3v) is 6.90. The van der Waals surface area contributed by atoms with Crippen LogP contribution in [-0.4, -0.2) is 20.1 Å². The number of aliphatic hydroxyl groups is 1. The highest BCUT2D eigenvalue weighted by atomic mass is 19.2. The number of benzene rings is 3. The lowest BCUT2D eigenvalue weighted by atomic mass is 9.80. The molecule has 0 spiro atoms. The van der Waals surface area contributed by atoms with Crippen LogP contribution >= 0.6 is 0 Å². The number of nitrogens with zero attached hydrogens (tertiary/aromatic N) is 2. The van der Waals surface area contributed by atoms with E-state index in [4.69, 9.17) is 9.84 Å². The molecule has 1 unspecified atom stereocenters. The highest BCUT2D eigenvalue weighted by molar-refractivity contribution is 5.86. The Morgan fingerprint density at radius 2 is 1.90 bits per heavy atom. The molecule has 3 N–H and O–H groups in total. The van der Waals surface area contributed by atoms with Crippen LogP contribution in [-0.2, 0) is 11.8 Å². The molecule has 5 aromatic rings. The summed E-state index contributed by atoms with van der Waals surface area (Å²) in [5.74, 6) is -2.78. The third-order valence-electron chi connectivity index (χ3n) is 6.90. The van der Waals surface area contributed by atoms with Gasteiger partial charge in [-0.15, -0.1) is 0 Å². The second kappa shape index (κ2) is 12.0. The summed E-state index contributed by atoms with van der Waals surface area (Å²) in [6, 6.07) is 15.7. The highest BCUT2D eigenvalue weighted by Gasteiger charge is 2.32. The molecule has 0 aliphatic carbocycles. The van der Waals surface area contributed by atoms with Gasteiger partial charge in [0.15, 0.2) is 11.6 Å². The lowest BCUT2D eigenvalue weighted by molar-refractivity contribution is 0.416. The molecule has 6 nitrogen and oxygen atoms in total. The molecule has 0 radical (unpaired) electrons. The van der Waals surface area contributed by atoms with Crippen LogP contribution in [0.15, 0.2) is 73.8 Å². The van der Waals surface area contributed by atoms with Gasteiger partial charge in [-0.25, -0.2) is 13.8 Å². The summed E-state index contributed by atoms with van der Waals surface area (Å²) in [5, 5.41) is 17.9. The van der Waals surface area contributed by atoms with Gasteiger partial charge in [-0.1, -0.05) is 44.2 Å². The van der Waals surface area contributed by atoms with Gasteiger partial charge in [0.05, 0.1) is 35.3 Å². The van der Waals surface area contributed by atoms with Gasteiger partial charge < -0.3 is 19.8 Å². The molecule has 2 heterocycles. The number of imidazole rings is 1. The number of aromatic nitrogens is 3. The van der Waals surface area contributed by atoms with Gasteiger partial charge in [0, 0.05) is 17.1 Å². The molecule has 0 saturated carbocycles. The summed E-state index contributed by atoms with van der Waals surface area (Å²) in [4.78, 5) is 10.1. The van der Waals surface area contributed by atoms with Crippen molar-refractivity contribution in [3.8, 4) is 29.0 Å². The van der Waals surface area contributed by atoms with E-state index in [1.54, 1.807) is 19.9 Å². The summed E-state index contributed by atoms with van der Waals surface area (Å²) in [5.41, 5.74) is 1.89. The lowest BCUT2D eigenvalue weighted by Gasteiger charge is -2.21. The van der Waals surface area contributed by atoms with Crippen LogP contribution in [0.5, 0.6) is 11.5 Å². The number of nitriles is 1. The number of aromatic amines is 2. The fourth-order valence-corrected chi connectivity index (χ4v) is 4.67. The van der Waals surface area contributed by atoms with Crippen molar-refractivity contribution in [1.82, 2.24) is 15.0 Å². The summed E-state index contributed by atoms with van der Waals surface area (Å²) < 4.78 is 50.0. The molecular formula is C32H29F3N4O2. The minimum atomic E-state index is -1.14. The highest BCUT2D eigenvalue weighted by Crippen LogP contribution is 2.38. The molecule has 41 heavy (non-hydrogen) atoms. The van der Waals surface area contributed by atoms with Crippen LogP contribution in [0.25, 0.3) is 22.3 Å². The Morgan fingerprint density at radius 1 is 1.15 bits per heavy atom. The van der Waals surface area contributed by atoms with Crippen LogP contribution in [0, 0.1) is 35.7 Å². The molecule has 9 heteroatoms. The smallest absolute Gasteiger partial charge is 0.203 e. The maximum absolute atomic E-state index is 14.9. The van der Waals surface area contributed by atoms with E-state index in [1.165, 1.54) is 30.6 Å². The number of ether oxygens (including phenoxy) is 1. The molecule has 2 aromatic heterocycles. The Hall–Kier alpha value is -4.97. The van der Waals surface area contributed by atoms with E-state index >= 15 is 0 Å². The van der Waals surface area contributed by atoms with Crippen molar-refractivity contribution in [2.24, 2.45) is 0 Å². The molecule has 0 amide bonds. The lowest BCUT2D eigenvalue weighted by Crippen LogP contribution is -2.22. The zero-order valence-corrected chi connectivity index (χ0v) is 22.9. The Balaban J connectivity index is 0.00000124. The summed E-state index contributed by atoms with van der Waals surface area (Å²) in [6.45, 7) is 8.41. The van der Waals surface area contributed by atoms with Crippen molar-refractivity contribution in [3.05, 3.63) is 114 Å². The molecule has 0 bridgehead atoms. The van der Waals surface area contributed by atoms with E-state index in [9.17, 15) is 18.4 Å². The molecule has 0 aliphatic rings. The average Bonchev–Trinajstić information content (AvgIpc) is 3.67. The maximum Gasteiger partial charge on any atom is 0.203 e. The van der Waals surface area contributed by atoms with Crippen LogP contribution in [0.2, 0.25) is 0 Å². The van der Waals surface area contributed by atoms with Gasteiger partial charge >= 0.3 is 0 Å². The molecular weight excluding hydrogens is 529 g/mol. The molecule has 5 rings (SSSR count). The van der Waals surface area contributed by atoms with Crippen LogP contribution in [0.1, 0.15) is 42.7 Å². The van der Waals surface area contributed by atoms with Gasteiger partial charge in [0.2, 0.25) is 5.82 Å². The molecule has 0 aliphatic heterocycles. The SMILES string of the molecule is C=CO.CCCc1cccc(C(C)(C#N)c2cnc(-c3cc(Oc4c(F)c(F)c5[nH]ccc5c4C)ccc3F)[nH]2)c1. The van der Waals surface area contributed by atoms with E-state index in [2.05, 4.69) is 34.5 Å². The number of aliphatic hydroxyl groups excluding tert-OH is 1. The fraction of sp³-hybridized carbons (Fsp3) is 0.188. The number of hydrogen-bond donors (Lipinski definition) is 3. The van der Waals surface area contributed by atoms with Crippen LogP contribution in [0.3, 0.4) is 0 Å². The minimum Gasteiger partial charge on any atom is -0.516 e. The monoisotopic (exact) mass is 558 g/mol. The normalized spacial score (nSPS) is 12.2. The van der Waals surface area contributed by atoms with Gasteiger partial charge in [-0.3, -0.25) is 0 Å². The molecule has 0 saturated heterocycles. The van der Waals surface area contributed by atoms with Crippen molar-refractivity contribution in [1.29, 1.82) is 5.26 Å². The molecule has 0 fully saturated rings. The number of rotatable bonds is 7. The quantitative estimate of drug-likeness (QED) is 0.174.